The van der Waals surface area contributed by atoms with Crippen LogP contribution in [0.25, 0.3) is 0 Å². The molecular formula is C13H27N3O. The molecule has 0 heterocycles. The molecule has 100 valence electrons. The largest absolute Gasteiger partial charge is 0.356 e. The first-order valence-electron chi connectivity index (χ1n) is 6.92. The summed E-state index contributed by atoms with van der Waals surface area (Å²) in [4.78, 5) is 14.0. The van der Waals surface area contributed by atoms with E-state index in [1.165, 1.54) is 12.8 Å². The van der Waals surface area contributed by atoms with E-state index in [1.807, 2.05) is 6.92 Å². The van der Waals surface area contributed by atoms with Crippen LogP contribution in [0.3, 0.4) is 0 Å². The minimum Gasteiger partial charge on any atom is -0.356 e. The van der Waals surface area contributed by atoms with Gasteiger partial charge in [0.05, 0.1) is 0 Å². The highest BCUT2D eigenvalue weighted by molar-refractivity contribution is 5.76. The molecule has 0 radical (unpaired) electrons. The van der Waals surface area contributed by atoms with E-state index in [9.17, 15) is 4.79 Å². The maximum Gasteiger partial charge on any atom is 0.221 e. The molecule has 4 nitrogen and oxygen atoms in total. The number of nitrogens with one attached hydrogen (secondary N) is 1. The summed E-state index contributed by atoms with van der Waals surface area (Å²) in [7, 11) is 0. The lowest BCUT2D eigenvalue weighted by molar-refractivity contribution is -0.122. The molecular weight excluding hydrogens is 214 g/mol. The summed E-state index contributed by atoms with van der Waals surface area (Å²) in [5.74, 6) is 0.977. The summed E-state index contributed by atoms with van der Waals surface area (Å²) in [6.45, 7) is 7.58. The molecule has 1 amide bonds. The van der Waals surface area contributed by atoms with Crippen molar-refractivity contribution in [1.82, 2.24) is 10.2 Å². The van der Waals surface area contributed by atoms with Crippen molar-refractivity contribution in [2.45, 2.75) is 45.6 Å². The third kappa shape index (κ3) is 5.50. The zero-order valence-electron chi connectivity index (χ0n) is 11.2. The van der Waals surface area contributed by atoms with Gasteiger partial charge in [-0.2, -0.15) is 0 Å². The number of hydrogen-bond acceptors (Lipinski definition) is 3. The van der Waals surface area contributed by atoms with E-state index < -0.39 is 0 Å². The Bertz CT molecular complexity index is 229. The Morgan fingerprint density at radius 1 is 1.47 bits per heavy atom. The maximum absolute atomic E-state index is 11.6. The molecule has 1 aliphatic carbocycles. The number of nitrogens with two attached hydrogens (primary N) is 1. The van der Waals surface area contributed by atoms with Crippen LogP contribution < -0.4 is 11.1 Å². The van der Waals surface area contributed by atoms with Gasteiger partial charge in [0.25, 0.3) is 0 Å². The van der Waals surface area contributed by atoms with Crippen LogP contribution in [0.5, 0.6) is 0 Å². The summed E-state index contributed by atoms with van der Waals surface area (Å²) in [6, 6.07) is 0.210. The average Bonchev–Trinajstić information content (AvgIpc) is 3.10. The monoisotopic (exact) mass is 241 g/mol. The molecule has 1 unspecified atom stereocenters. The predicted molar refractivity (Wildman–Crippen MR) is 70.7 cm³/mol. The minimum atomic E-state index is 0.125. The summed E-state index contributed by atoms with van der Waals surface area (Å²) in [5.41, 5.74) is 5.82. The van der Waals surface area contributed by atoms with Gasteiger partial charge in [-0.15, -0.1) is 0 Å². The summed E-state index contributed by atoms with van der Waals surface area (Å²) in [6.07, 6.45) is 4.35. The fourth-order valence-electron chi connectivity index (χ4n) is 2.19. The van der Waals surface area contributed by atoms with Crippen molar-refractivity contribution >= 4 is 5.91 Å². The third-order valence-electron chi connectivity index (χ3n) is 3.28. The molecule has 1 aliphatic rings. The highest BCUT2D eigenvalue weighted by Crippen LogP contribution is 2.30. The first-order chi connectivity index (χ1) is 8.21. The van der Waals surface area contributed by atoms with E-state index in [0.717, 1.165) is 25.4 Å². The highest BCUT2D eigenvalue weighted by atomic mass is 16.1. The van der Waals surface area contributed by atoms with Crippen LogP contribution in [0.4, 0.5) is 0 Å². The van der Waals surface area contributed by atoms with Gasteiger partial charge in [-0.3, -0.25) is 9.69 Å². The minimum absolute atomic E-state index is 0.125. The Kier molecular flexibility index (Phi) is 6.52. The Morgan fingerprint density at radius 2 is 2.18 bits per heavy atom. The number of carbonyl (C=O) groups excluding carboxylic acids is 1. The quantitative estimate of drug-likeness (QED) is 0.632. The van der Waals surface area contributed by atoms with Gasteiger partial charge in [0.2, 0.25) is 5.91 Å². The molecule has 3 N–H and O–H groups in total. The molecule has 0 aromatic rings. The standard InChI is InChI=1S/C13H27N3O/c1-3-7-16(10-11-5-6-11)12(9-14)8-13(17)15-4-2/h11-12H,3-10,14H2,1-2H3,(H,15,17). The number of hydrogen-bond donors (Lipinski definition) is 2. The molecule has 1 saturated carbocycles. The Balaban J connectivity index is 2.43. The lowest BCUT2D eigenvalue weighted by atomic mass is 10.1. The second-order valence-electron chi connectivity index (χ2n) is 4.99. The van der Waals surface area contributed by atoms with Crippen LogP contribution in [0.2, 0.25) is 0 Å². The van der Waals surface area contributed by atoms with Crippen LogP contribution in [-0.4, -0.2) is 43.0 Å². The number of amides is 1. The van der Waals surface area contributed by atoms with Crippen LogP contribution in [0.1, 0.15) is 39.5 Å². The molecule has 4 heteroatoms. The molecule has 1 rings (SSSR count). The van der Waals surface area contributed by atoms with Gasteiger partial charge in [0.1, 0.15) is 0 Å². The Morgan fingerprint density at radius 3 is 2.65 bits per heavy atom. The van der Waals surface area contributed by atoms with Crippen molar-refractivity contribution in [2.75, 3.05) is 26.2 Å². The second-order valence-corrected chi connectivity index (χ2v) is 4.99. The Labute approximate surface area is 105 Å². The van der Waals surface area contributed by atoms with E-state index in [-0.39, 0.29) is 11.9 Å². The lowest BCUT2D eigenvalue weighted by Gasteiger charge is -2.30. The zero-order valence-corrected chi connectivity index (χ0v) is 11.2. The average molecular weight is 241 g/mol. The van der Waals surface area contributed by atoms with Crippen LogP contribution >= 0.6 is 0 Å². The first kappa shape index (κ1) is 14.5. The summed E-state index contributed by atoms with van der Waals surface area (Å²) >= 11 is 0. The molecule has 1 atom stereocenters. The van der Waals surface area contributed by atoms with Crippen molar-refractivity contribution in [3.63, 3.8) is 0 Å². The van der Waals surface area contributed by atoms with E-state index in [2.05, 4.69) is 17.1 Å². The van der Waals surface area contributed by atoms with Crippen LogP contribution in [-0.2, 0) is 4.79 Å². The van der Waals surface area contributed by atoms with Crippen molar-refractivity contribution in [1.29, 1.82) is 0 Å². The fraction of sp³-hybridized carbons (Fsp3) is 0.923. The van der Waals surface area contributed by atoms with Crippen molar-refractivity contribution in [3.05, 3.63) is 0 Å². The molecule has 17 heavy (non-hydrogen) atoms. The molecule has 0 saturated heterocycles. The number of nitrogens with zero attached hydrogens (tertiary/aromatic N) is 1. The SMILES string of the molecule is CCCN(CC1CC1)C(CN)CC(=O)NCC. The summed E-state index contributed by atoms with van der Waals surface area (Å²) < 4.78 is 0. The molecule has 0 spiro atoms. The third-order valence-corrected chi connectivity index (χ3v) is 3.28. The van der Waals surface area contributed by atoms with Crippen molar-refractivity contribution in [3.8, 4) is 0 Å². The second kappa shape index (κ2) is 7.67. The van der Waals surface area contributed by atoms with E-state index in [0.29, 0.717) is 19.5 Å². The molecule has 1 fully saturated rings. The predicted octanol–water partition coefficient (Wildman–Crippen LogP) is 0.962. The first-order valence-corrected chi connectivity index (χ1v) is 6.92. The number of carbonyl (C=O) groups is 1. The fourth-order valence-corrected chi connectivity index (χ4v) is 2.19. The maximum atomic E-state index is 11.6. The van der Waals surface area contributed by atoms with Crippen molar-refractivity contribution < 1.29 is 4.79 Å². The van der Waals surface area contributed by atoms with Gasteiger partial charge in [0.15, 0.2) is 0 Å². The smallest absolute Gasteiger partial charge is 0.221 e. The van der Waals surface area contributed by atoms with Gasteiger partial charge in [-0.05, 0) is 38.6 Å². The Hall–Kier alpha value is -0.610. The van der Waals surface area contributed by atoms with Gasteiger partial charge in [-0.1, -0.05) is 6.92 Å². The van der Waals surface area contributed by atoms with E-state index in [4.69, 9.17) is 5.73 Å². The summed E-state index contributed by atoms with van der Waals surface area (Å²) in [5, 5.41) is 2.86. The normalized spacial score (nSPS) is 17.2. The topological polar surface area (TPSA) is 58.4 Å². The lowest BCUT2D eigenvalue weighted by Crippen LogP contribution is -2.45. The zero-order chi connectivity index (χ0) is 12.7. The van der Waals surface area contributed by atoms with Gasteiger partial charge < -0.3 is 11.1 Å². The van der Waals surface area contributed by atoms with E-state index in [1.54, 1.807) is 0 Å². The molecule has 0 bridgehead atoms. The van der Waals surface area contributed by atoms with Gasteiger partial charge in [-0.25, -0.2) is 0 Å². The molecule has 0 aromatic heterocycles. The van der Waals surface area contributed by atoms with Crippen LogP contribution in [0.15, 0.2) is 0 Å². The molecule has 0 aliphatic heterocycles. The van der Waals surface area contributed by atoms with E-state index >= 15 is 0 Å². The van der Waals surface area contributed by atoms with Crippen LogP contribution in [0, 0.1) is 5.92 Å². The van der Waals surface area contributed by atoms with Crippen molar-refractivity contribution in [2.24, 2.45) is 11.7 Å². The van der Waals surface area contributed by atoms with Gasteiger partial charge >= 0.3 is 0 Å². The van der Waals surface area contributed by atoms with Gasteiger partial charge in [0, 0.05) is 32.1 Å². The number of rotatable bonds is 9. The highest BCUT2D eigenvalue weighted by Gasteiger charge is 2.28. The molecule has 0 aromatic carbocycles.